The van der Waals surface area contributed by atoms with Crippen molar-refractivity contribution in [2.75, 3.05) is 5.32 Å². The number of aryl methyl sites for hydroxylation is 1. The van der Waals surface area contributed by atoms with Crippen LogP contribution in [0.4, 0.5) is 11.5 Å². The molecule has 4 nitrogen and oxygen atoms in total. The number of aromatic nitrogens is 2. The van der Waals surface area contributed by atoms with Crippen molar-refractivity contribution in [1.29, 1.82) is 5.26 Å². The van der Waals surface area contributed by atoms with Crippen LogP contribution in [0.2, 0.25) is 5.02 Å². The molecule has 0 spiro atoms. The molecule has 0 aliphatic rings. The van der Waals surface area contributed by atoms with Gasteiger partial charge < -0.3 is 5.32 Å². The predicted molar refractivity (Wildman–Crippen MR) is 73.9 cm³/mol. The molecule has 0 atom stereocenters. The number of anilines is 2. The van der Waals surface area contributed by atoms with E-state index in [1.807, 2.05) is 19.1 Å². The van der Waals surface area contributed by atoms with Crippen LogP contribution in [0.3, 0.4) is 0 Å². The van der Waals surface area contributed by atoms with Crippen molar-refractivity contribution >= 4 is 39.0 Å². The molecular formula is C12H8BrClN4. The minimum Gasteiger partial charge on any atom is -0.337 e. The van der Waals surface area contributed by atoms with Crippen LogP contribution >= 0.6 is 27.5 Å². The summed E-state index contributed by atoms with van der Waals surface area (Å²) in [5, 5.41) is 20.3. The van der Waals surface area contributed by atoms with Gasteiger partial charge in [0.05, 0.1) is 17.4 Å². The Morgan fingerprint density at radius 2 is 2.22 bits per heavy atom. The van der Waals surface area contributed by atoms with E-state index >= 15 is 0 Å². The summed E-state index contributed by atoms with van der Waals surface area (Å²) < 4.78 is 0.846. The monoisotopic (exact) mass is 322 g/mol. The molecule has 0 aliphatic carbocycles. The SMILES string of the molecule is Cc1cc(Br)c(Nc2nnccc2C#N)cc1Cl. The quantitative estimate of drug-likeness (QED) is 0.912. The molecular weight excluding hydrogens is 316 g/mol. The van der Waals surface area contributed by atoms with Gasteiger partial charge in [-0.3, -0.25) is 0 Å². The Kier molecular flexibility index (Phi) is 3.80. The van der Waals surface area contributed by atoms with Crippen molar-refractivity contribution in [3.63, 3.8) is 0 Å². The Labute approximate surface area is 118 Å². The van der Waals surface area contributed by atoms with Crippen molar-refractivity contribution in [2.45, 2.75) is 6.92 Å². The van der Waals surface area contributed by atoms with Gasteiger partial charge in [0.1, 0.15) is 6.07 Å². The summed E-state index contributed by atoms with van der Waals surface area (Å²) >= 11 is 9.50. The average Bonchev–Trinajstić information content (AvgIpc) is 2.36. The minimum absolute atomic E-state index is 0.403. The summed E-state index contributed by atoms with van der Waals surface area (Å²) in [6, 6.07) is 7.31. The summed E-state index contributed by atoms with van der Waals surface area (Å²) in [5.41, 5.74) is 2.13. The molecule has 0 saturated heterocycles. The number of rotatable bonds is 2. The van der Waals surface area contributed by atoms with E-state index in [-0.39, 0.29) is 0 Å². The van der Waals surface area contributed by atoms with Crippen LogP contribution in [0.15, 0.2) is 28.9 Å². The highest BCUT2D eigenvalue weighted by atomic mass is 79.9. The Morgan fingerprint density at radius 1 is 1.44 bits per heavy atom. The highest BCUT2D eigenvalue weighted by Gasteiger charge is 2.08. The first kappa shape index (κ1) is 12.8. The van der Waals surface area contributed by atoms with Crippen LogP contribution in [0.1, 0.15) is 11.1 Å². The van der Waals surface area contributed by atoms with Gasteiger partial charge in [0.2, 0.25) is 0 Å². The van der Waals surface area contributed by atoms with E-state index in [9.17, 15) is 0 Å². The molecule has 0 radical (unpaired) electrons. The Hall–Kier alpha value is -1.64. The van der Waals surface area contributed by atoms with Crippen molar-refractivity contribution in [2.24, 2.45) is 0 Å². The Balaban J connectivity index is 2.41. The van der Waals surface area contributed by atoms with Gasteiger partial charge in [0.25, 0.3) is 0 Å². The zero-order chi connectivity index (χ0) is 13.1. The first-order valence-corrected chi connectivity index (χ1v) is 6.23. The lowest BCUT2D eigenvalue weighted by atomic mass is 10.2. The topological polar surface area (TPSA) is 61.6 Å². The van der Waals surface area contributed by atoms with Crippen molar-refractivity contribution in [3.05, 3.63) is 45.0 Å². The molecule has 90 valence electrons. The van der Waals surface area contributed by atoms with E-state index in [0.29, 0.717) is 16.4 Å². The minimum atomic E-state index is 0.403. The zero-order valence-corrected chi connectivity index (χ0v) is 11.7. The van der Waals surface area contributed by atoms with Gasteiger partial charge in [0, 0.05) is 9.50 Å². The number of nitrogens with one attached hydrogen (secondary N) is 1. The van der Waals surface area contributed by atoms with Crippen molar-refractivity contribution in [3.8, 4) is 6.07 Å². The normalized spacial score (nSPS) is 9.89. The van der Waals surface area contributed by atoms with Crippen molar-refractivity contribution in [1.82, 2.24) is 10.2 Å². The highest BCUT2D eigenvalue weighted by Crippen LogP contribution is 2.31. The largest absolute Gasteiger partial charge is 0.337 e. The van der Waals surface area contributed by atoms with Crippen molar-refractivity contribution < 1.29 is 0 Å². The molecule has 0 unspecified atom stereocenters. The Bertz CT molecular complexity index is 636. The maximum absolute atomic E-state index is 8.97. The van der Waals surface area contributed by atoms with Crippen LogP contribution in [0.25, 0.3) is 0 Å². The Morgan fingerprint density at radius 3 is 2.94 bits per heavy atom. The first-order chi connectivity index (χ1) is 8.61. The van der Waals surface area contributed by atoms with Crippen LogP contribution in [0.5, 0.6) is 0 Å². The fourth-order valence-corrected chi connectivity index (χ4v) is 2.10. The third-order valence-corrected chi connectivity index (χ3v) is 3.41. The summed E-state index contributed by atoms with van der Waals surface area (Å²) in [6.45, 7) is 1.92. The fraction of sp³-hybridized carbons (Fsp3) is 0.0833. The molecule has 0 fully saturated rings. The molecule has 18 heavy (non-hydrogen) atoms. The second-order valence-electron chi connectivity index (χ2n) is 3.61. The third-order valence-electron chi connectivity index (χ3n) is 2.34. The van der Waals surface area contributed by atoms with E-state index in [0.717, 1.165) is 15.7 Å². The maximum Gasteiger partial charge on any atom is 0.171 e. The summed E-state index contributed by atoms with van der Waals surface area (Å²) in [7, 11) is 0. The second-order valence-corrected chi connectivity index (χ2v) is 4.87. The molecule has 1 N–H and O–H groups in total. The molecule has 0 amide bonds. The zero-order valence-electron chi connectivity index (χ0n) is 9.41. The van der Waals surface area contributed by atoms with Crippen LogP contribution in [-0.2, 0) is 0 Å². The third kappa shape index (κ3) is 2.61. The summed E-state index contributed by atoms with van der Waals surface area (Å²) in [5.74, 6) is 0.403. The number of hydrogen-bond donors (Lipinski definition) is 1. The molecule has 0 bridgehead atoms. The molecule has 0 saturated carbocycles. The first-order valence-electron chi connectivity index (χ1n) is 5.06. The number of nitriles is 1. The lowest BCUT2D eigenvalue weighted by Crippen LogP contribution is -1.99. The molecule has 2 aromatic rings. The van der Waals surface area contributed by atoms with E-state index in [1.165, 1.54) is 6.20 Å². The van der Waals surface area contributed by atoms with Gasteiger partial charge in [-0.25, -0.2) is 0 Å². The molecule has 1 aromatic carbocycles. The average molecular weight is 324 g/mol. The smallest absolute Gasteiger partial charge is 0.171 e. The van der Waals surface area contributed by atoms with Crippen LogP contribution in [-0.4, -0.2) is 10.2 Å². The summed E-state index contributed by atoms with van der Waals surface area (Å²) in [4.78, 5) is 0. The number of benzene rings is 1. The van der Waals surface area contributed by atoms with Crippen LogP contribution < -0.4 is 5.32 Å². The van der Waals surface area contributed by atoms with Gasteiger partial charge >= 0.3 is 0 Å². The van der Waals surface area contributed by atoms with Crippen LogP contribution in [0, 0.1) is 18.3 Å². The lowest BCUT2D eigenvalue weighted by molar-refractivity contribution is 1.03. The number of nitrogens with zero attached hydrogens (tertiary/aromatic N) is 3. The molecule has 0 aliphatic heterocycles. The van der Waals surface area contributed by atoms with E-state index < -0.39 is 0 Å². The van der Waals surface area contributed by atoms with E-state index in [1.54, 1.807) is 12.1 Å². The van der Waals surface area contributed by atoms with E-state index in [2.05, 4.69) is 31.4 Å². The van der Waals surface area contributed by atoms with Gasteiger partial charge in [0.15, 0.2) is 5.82 Å². The molecule has 6 heteroatoms. The standard InChI is InChI=1S/C12H8BrClN4/c1-7-4-9(13)11(5-10(7)14)17-12-8(6-15)2-3-16-18-12/h2-5H,1H3,(H,17,18). The number of hydrogen-bond acceptors (Lipinski definition) is 4. The molecule has 2 rings (SSSR count). The van der Waals surface area contributed by atoms with E-state index in [4.69, 9.17) is 16.9 Å². The fourth-order valence-electron chi connectivity index (χ4n) is 1.38. The molecule has 1 heterocycles. The maximum atomic E-state index is 8.97. The number of halogens is 2. The predicted octanol–water partition coefficient (Wildman–Crippen LogP) is 3.82. The summed E-state index contributed by atoms with van der Waals surface area (Å²) in [6.07, 6.45) is 1.47. The van der Waals surface area contributed by atoms with Gasteiger partial charge in [-0.05, 0) is 46.6 Å². The highest BCUT2D eigenvalue weighted by molar-refractivity contribution is 9.10. The van der Waals surface area contributed by atoms with Gasteiger partial charge in [-0.15, -0.1) is 5.10 Å². The molecule has 1 aromatic heterocycles. The van der Waals surface area contributed by atoms with Gasteiger partial charge in [-0.2, -0.15) is 10.4 Å². The van der Waals surface area contributed by atoms with Gasteiger partial charge in [-0.1, -0.05) is 11.6 Å². The second kappa shape index (κ2) is 5.34. The lowest BCUT2D eigenvalue weighted by Gasteiger charge is -2.10.